The largest absolute Gasteiger partial charge is 0.354 e. The predicted molar refractivity (Wildman–Crippen MR) is 81.7 cm³/mol. The molecule has 2 aliphatic heterocycles. The summed E-state index contributed by atoms with van der Waals surface area (Å²) in [4.78, 5) is 37.7. The van der Waals surface area contributed by atoms with Gasteiger partial charge in [-0.05, 0) is 0 Å². The second-order valence-electron chi connectivity index (χ2n) is 5.80. The molecular weight excluding hydrogens is 284 g/mol. The normalized spacial score (nSPS) is 18.1. The zero-order valence-corrected chi connectivity index (χ0v) is 12.9. The van der Waals surface area contributed by atoms with E-state index in [1.807, 2.05) is 0 Å². The van der Waals surface area contributed by atoms with Crippen LogP contribution >= 0.6 is 0 Å². The topological polar surface area (TPSA) is 81.7 Å². The van der Waals surface area contributed by atoms with E-state index in [0.29, 0.717) is 18.8 Å². The molecule has 0 unspecified atom stereocenters. The molecule has 1 aromatic heterocycles. The highest BCUT2D eigenvalue weighted by Gasteiger charge is 2.28. The van der Waals surface area contributed by atoms with E-state index in [1.165, 1.54) is 6.33 Å². The highest BCUT2D eigenvalue weighted by molar-refractivity contribution is 5.99. The lowest BCUT2D eigenvalue weighted by Gasteiger charge is -2.35. The van der Waals surface area contributed by atoms with Gasteiger partial charge in [-0.2, -0.15) is 0 Å². The number of piperazine rings is 1. The number of nitrogens with one attached hydrogen (secondary N) is 1. The molecule has 118 valence electrons. The van der Waals surface area contributed by atoms with Gasteiger partial charge in [0.1, 0.15) is 18.0 Å². The predicted octanol–water partition coefficient (Wildman–Crippen LogP) is -0.819. The van der Waals surface area contributed by atoms with Crippen LogP contribution in [0.15, 0.2) is 6.33 Å². The van der Waals surface area contributed by atoms with Crippen molar-refractivity contribution in [3.63, 3.8) is 0 Å². The summed E-state index contributed by atoms with van der Waals surface area (Å²) in [6.07, 6.45) is 1.83. The van der Waals surface area contributed by atoms with Crippen molar-refractivity contribution in [2.75, 3.05) is 57.0 Å². The van der Waals surface area contributed by atoms with Crippen molar-refractivity contribution >= 4 is 23.5 Å². The third-order valence-corrected chi connectivity index (χ3v) is 4.05. The fraction of sp³-hybridized carbons (Fsp3) is 0.571. The fourth-order valence-electron chi connectivity index (χ4n) is 2.73. The number of hydrogen-bond donors (Lipinski definition) is 1. The average molecular weight is 304 g/mol. The molecule has 0 bridgehead atoms. The molecule has 3 heterocycles. The average Bonchev–Trinajstić information content (AvgIpc) is 2.88. The van der Waals surface area contributed by atoms with E-state index in [9.17, 15) is 9.59 Å². The number of amides is 2. The van der Waals surface area contributed by atoms with Crippen molar-refractivity contribution in [1.82, 2.24) is 19.8 Å². The Hall–Kier alpha value is -2.22. The van der Waals surface area contributed by atoms with Crippen LogP contribution in [0.25, 0.3) is 0 Å². The minimum absolute atomic E-state index is 0.0352. The summed E-state index contributed by atoms with van der Waals surface area (Å²) in [5.74, 6) is 1.54. The molecule has 0 spiro atoms. The Bertz CT molecular complexity index is 595. The van der Waals surface area contributed by atoms with Gasteiger partial charge in [-0.15, -0.1) is 0 Å². The van der Waals surface area contributed by atoms with Gasteiger partial charge in [-0.25, -0.2) is 9.97 Å². The first-order valence-corrected chi connectivity index (χ1v) is 7.36. The SMILES string of the molecule is CN(C)C(=O)CN1CCN(c2ncnc3c2CC(=O)N3)CC1. The van der Waals surface area contributed by atoms with E-state index < -0.39 is 0 Å². The van der Waals surface area contributed by atoms with E-state index >= 15 is 0 Å². The van der Waals surface area contributed by atoms with Gasteiger partial charge >= 0.3 is 0 Å². The number of hydrogen-bond acceptors (Lipinski definition) is 6. The van der Waals surface area contributed by atoms with E-state index in [0.717, 1.165) is 37.6 Å². The monoisotopic (exact) mass is 304 g/mol. The Morgan fingerprint density at radius 3 is 2.68 bits per heavy atom. The summed E-state index contributed by atoms with van der Waals surface area (Å²) in [5, 5.41) is 2.75. The van der Waals surface area contributed by atoms with Crippen LogP contribution in [0.2, 0.25) is 0 Å². The molecular formula is C14H20N6O2. The molecule has 0 aromatic carbocycles. The number of nitrogens with zero attached hydrogens (tertiary/aromatic N) is 5. The van der Waals surface area contributed by atoms with Crippen LogP contribution in [-0.4, -0.2) is 78.4 Å². The van der Waals surface area contributed by atoms with E-state index in [-0.39, 0.29) is 11.8 Å². The van der Waals surface area contributed by atoms with Gasteiger partial charge in [-0.3, -0.25) is 14.5 Å². The number of anilines is 2. The summed E-state index contributed by atoms with van der Waals surface area (Å²) >= 11 is 0. The Morgan fingerprint density at radius 1 is 1.27 bits per heavy atom. The van der Waals surface area contributed by atoms with Crippen molar-refractivity contribution in [3.8, 4) is 0 Å². The second-order valence-corrected chi connectivity index (χ2v) is 5.80. The number of fused-ring (bicyclic) bond motifs is 1. The first-order valence-electron chi connectivity index (χ1n) is 7.36. The van der Waals surface area contributed by atoms with Gasteiger partial charge in [0, 0.05) is 45.8 Å². The maximum absolute atomic E-state index is 11.8. The summed E-state index contributed by atoms with van der Waals surface area (Å²) in [7, 11) is 3.54. The quantitative estimate of drug-likeness (QED) is 0.786. The highest BCUT2D eigenvalue weighted by Crippen LogP contribution is 2.28. The second kappa shape index (κ2) is 5.88. The Balaban J connectivity index is 1.64. The molecule has 1 saturated heterocycles. The van der Waals surface area contributed by atoms with Crippen molar-refractivity contribution in [1.29, 1.82) is 0 Å². The van der Waals surface area contributed by atoms with Crippen molar-refractivity contribution < 1.29 is 9.59 Å². The van der Waals surface area contributed by atoms with Gasteiger partial charge in [-0.1, -0.05) is 0 Å². The first-order chi connectivity index (χ1) is 10.5. The van der Waals surface area contributed by atoms with Crippen LogP contribution in [0, 0.1) is 0 Å². The van der Waals surface area contributed by atoms with Gasteiger partial charge in [0.25, 0.3) is 0 Å². The number of rotatable bonds is 3. The molecule has 8 heteroatoms. The molecule has 0 radical (unpaired) electrons. The minimum Gasteiger partial charge on any atom is -0.354 e. The molecule has 1 N–H and O–H groups in total. The Labute approximate surface area is 129 Å². The lowest BCUT2D eigenvalue weighted by molar-refractivity contribution is -0.130. The molecule has 2 aliphatic rings. The number of aromatic nitrogens is 2. The molecule has 1 fully saturated rings. The van der Waals surface area contributed by atoms with Gasteiger partial charge < -0.3 is 15.1 Å². The third kappa shape index (κ3) is 2.87. The van der Waals surface area contributed by atoms with Crippen LogP contribution in [-0.2, 0) is 16.0 Å². The van der Waals surface area contributed by atoms with E-state index in [1.54, 1.807) is 19.0 Å². The molecule has 0 aliphatic carbocycles. The van der Waals surface area contributed by atoms with Crippen LogP contribution in [0.3, 0.4) is 0 Å². The Kier molecular flexibility index (Phi) is 3.93. The van der Waals surface area contributed by atoms with Crippen LogP contribution in [0.5, 0.6) is 0 Å². The lowest BCUT2D eigenvalue weighted by atomic mass is 10.2. The number of carbonyl (C=O) groups excluding carboxylic acids is 2. The number of carbonyl (C=O) groups is 2. The molecule has 3 rings (SSSR count). The van der Waals surface area contributed by atoms with E-state index in [2.05, 4.69) is 25.1 Å². The maximum Gasteiger partial charge on any atom is 0.236 e. The summed E-state index contributed by atoms with van der Waals surface area (Å²) in [5.41, 5.74) is 0.880. The highest BCUT2D eigenvalue weighted by atomic mass is 16.2. The molecule has 0 saturated carbocycles. The molecule has 8 nitrogen and oxygen atoms in total. The van der Waals surface area contributed by atoms with Crippen LogP contribution < -0.4 is 10.2 Å². The minimum atomic E-state index is -0.0352. The van der Waals surface area contributed by atoms with Gasteiger partial charge in [0.15, 0.2) is 0 Å². The van der Waals surface area contributed by atoms with Crippen molar-refractivity contribution in [2.45, 2.75) is 6.42 Å². The van der Waals surface area contributed by atoms with Crippen molar-refractivity contribution in [2.24, 2.45) is 0 Å². The van der Waals surface area contributed by atoms with Gasteiger partial charge in [0.2, 0.25) is 11.8 Å². The smallest absolute Gasteiger partial charge is 0.236 e. The number of likely N-dealkylation sites (N-methyl/N-ethyl adjacent to an activating group) is 1. The fourth-order valence-corrected chi connectivity index (χ4v) is 2.73. The zero-order chi connectivity index (χ0) is 15.7. The molecule has 1 aromatic rings. The third-order valence-electron chi connectivity index (χ3n) is 4.05. The molecule has 22 heavy (non-hydrogen) atoms. The summed E-state index contributed by atoms with van der Waals surface area (Å²) in [6, 6.07) is 0. The summed E-state index contributed by atoms with van der Waals surface area (Å²) in [6.45, 7) is 3.64. The summed E-state index contributed by atoms with van der Waals surface area (Å²) < 4.78 is 0. The molecule has 2 amide bonds. The lowest BCUT2D eigenvalue weighted by Crippen LogP contribution is -2.49. The maximum atomic E-state index is 11.8. The van der Waals surface area contributed by atoms with Crippen LogP contribution in [0.1, 0.15) is 5.56 Å². The Morgan fingerprint density at radius 2 is 2.00 bits per heavy atom. The standard InChI is InChI=1S/C14H20N6O2/c1-18(2)12(22)8-19-3-5-20(6-4-19)14-10-7-11(21)17-13(10)15-9-16-14/h9H,3-8H2,1-2H3,(H,15,16,17,21). The molecule has 0 atom stereocenters. The first kappa shape index (κ1) is 14.7. The zero-order valence-electron chi connectivity index (χ0n) is 12.9. The van der Waals surface area contributed by atoms with E-state index in [4.69, 9.17) is 0 Å². The van der Waals surface area contributed by atoms with Crippen LogP contribution in [0.4, 0.5) is 11.6 Å². The van der Waals surface area contributed by atoms with Gasteiger partial charge in [0.05, 0.1) is 13.0 Å². The van der Waals surface area contributed by atoms with Crippen molar-refractivity contribution in [3.05, 3.63) is 11.9 Å².